The lowest BCUT2D eigenvalue weighted by molar-refractivity contribution is 0.669. The van der Waals surface area contributed by atoms with Crippen molar-refractivity contribution >= 4 is 21.9 Å². The van der Waals surface area contributed by atoms with Crippen molar-refractivity contribution in [2.75, 3.05) is 0 Å². The van der Waals surface area contributed by atoms with Gasteiger partial charge in [0, 0.05) is 33.0 Å². The first kappa shape index (κ1) is 33.9. The molecular formula is C54H37N3O. The van der Waals surface area contributed by atoms with Gasteiger partial charge < -0.3 is 4.42 Å². The maximum Gasteiger partial charge on any atom is 0.136 e. The van der Waals surface area contributed by atoms with Gasteiger partial charge in [-0.05, 0) is 104 Å². The van der Waals surface area contributed by atoms with Crippen molar-refractivity contribution in [1.29, 1.82) is 0 Å². The Balaban J connectivity index is 1.32. The Hall–Kier alpha value is -7.43. The molecule has 0 unspecified atom stereocenters. The Morgan fingerprint density at radius 2 is 1.03 bits per heavy atom. The molecule has 0 aliphatic heterocycles. The number of aryl methyl sites for hydroxylation is 1. The molecule has 4 heteroatoms. The number of benzene rings is 8. The van der Waals surface area contributed by atoms with Crippen LogP contribution in [0.4, 0.5) is 0 Å². The van der Waals surface area contributed by atoms with Gasteiger partial charge in [0.1, 0.15) is 22.6 Å². The summed E-state index contributed by atoms with van der Waals surface area (Å²) in [4.78, 5) is 0. The van der Waals surface area contributed by atoms with Crippen molar-refractivity contribution in [1.82, 2.24) is 15.4 Å². The van der Waals surface area contributed by atoms with E-state index < -0.39 is 0 Å². The van der Waals surface area contributed by atoms with Crippen molar-refractivity contribution in [2.24, 2.45) is 0 Å². The van der Waals surface area contributed by atoms with Crippen molar-refractivity contribution in [3.63, 3.8) is 0 Å². The van der Waals surface area contributed by atoms with Gasteiger partial charge >= 0.3 is 0 Å². The lowest BCUT2D eigenvalue weighted by atomic mass is 9.78. The van der Waals surface area contributed by atoms with E-state index in [1.54, 1.807) is 0 Å². The van der Waals surface area contributed by atoms with Crippen LogP contribution in [0.3, 0.4) is 0 Å². The molecule has 274 valence electrons. The number of hydrogen-bond acceptors (Lipinski definition) is 4. The minimum Gasteiger partial charge on any atom is -0.456 e. The highest BCUT2D eigenvalue weighted by molar-refractivity contribution is 6.21. The zero-order chi connectivity index (χ0) is 38.7. The predicted molar refractivity (Wildman–Crippen MR) is 237 cm³/mol. The molecule has 4 nitrogen and oxygen atoms in total. The maximum atomic E-state index is 6.84. The molecule has 0 N–H and O–H groups in total. The maximum absolute atomic E-state index is 6.84. The molecular weight excluding hydrogens is 707 g/mol. The van der Waals surface area contributed by atoms with Crippen LogP contribution in [0.15, 0.2) is 180 Å². The summed E-state index contributed by atoms with van der Waals surface area (Å²) in [5, 5.41) is 16.3. The fraction of sp³-hybridized carbons (Fsp3) is 0.0556. The fourth-order valence-corrected chi connectivity index (χ4v) is 9.22. The quantitative estimate of drug-likeness (QED) is 0.170. The van der Waals surface area contributed by atoms with Crippen molar-refractivity contribution in [3.8, 4) is 78.1 Å². The molecule has 10 aromatic rings. The van der Waals surface area contributed by atoms with Gasteiger partial charge in [-0.3, -0.25) is 0 Å². The summed E-state index contributed by atoms with van der Waals surface area (Å²) in [6.07, 6.45) is 0.857. The van der Waals surface area contributed by atoms with Gasteiger partial charge in [0.15, 0.2) is 0 Å². The SMILES string of the molecule is Cc1cc2c(c(-c3c(-c4ccccc4)cc4oc5ccccc5c4c3-c3ccccc3-c3nnnc(-c4ccccc4)c3-c3ccccc3)c1C)Cc1ccccc1-2. The average Bonchev–Trinajstić information content (AvgIpc) is 3.85. The lowest BCUT2D eigenvalue weighted by Crippen LogP contribution is -2.03. The zero-order valence-corrected chi connectivity index (χ0v) is 32.2. The Morgan fingerprint density at radius 3 is 1.79 bits per heavy atom. The number of aromatic nitrogens is 3. The normalized spacial score (nSPS) is 11.9. The molecule has 8 aromatic carbocycles. The van der Waals surface area contributed by atoms with E-state index in [1.165, 1.54) is 44.5 Å². The standard InChI is InChI=1S/C54H37N3O/c1-33-30-44-39-25-13-12-24-38(39)31-45(44)48(34(33)2)52-43(35-18-6-3-7-19-35)32-47-50(42-28-16-17-29-46(42)58-47)51(52)40-26-14-15-27-41(40)54-49(36-20-8-4-9-21-36)53(55-57-56-54)37-22-10-5-11-23-37/h3-30,32H,31H2,1-2H3. The lowest BCUT2D eigenvalue weighted by Gasteiger charge is -2.24. The van der Waals surface area contributed by atoms with Crippen LogP contribution >= 0.6 is 0 Å². The third kappa shape index (κ3) is 5.33. The fourth-order valence-electron chi connectivity index (χ4n) is 9.22. The molecule has 1 aliphatic rings. The summed E-state index contributed by atoms with van der Waals surface area (Å²) in [6, 6.07) is 62.2. The van der Waals surface area contributed by atoms with Crippen molar-refractivity contribution < 1.29 is 4.42 Å². The van der Waals surface area contributed by atoms with Gasteiger partial charge in [-0.25, -0.2) is 0 Å². The van der Waals surface area contributed by atoms with Crippen molar-refractivity contribution in [2.45, 2.75) is 20.3 Å². The van der Waals surface area contributed by atoms with Gasteiger partial charge in [0.25, 0.3) is 0 Å². The molecule has 0 saturated carbocycles. The zero-order valence-electron chi connectivity index (χ0n) is 32.2. The number of nitrogens with zero attached hydrogens (tertiary/aromatic N) is 3. The van der Waals surface area contributed by atoms with Crippen LogP contribution in [0.2, 0.25) is 0 Å². The summed E-state index contributed by atoms with van der Waals surface area (Å²) in [7, 11) is 0. The Kier molecular flexibility index (Phi) is 7.97. The van der Waals surface area contributed by atoms with Crippen molar-refractivity contribution in [3.05, 3.63) is 198 Å². The van der Waals surface area contributed by atoms with Gasteiger partial charge in [0.2, 0.25) is 0 Å². The average molecular weight is 744 g/mol. The first-order chi connectivity index (χ1) is 28.6. The molecule has 0 saturated heterocycles. The van der Waals surface area contributed by atoms with Gasteiger partial charge in [0.05, 0.1) is 0 Å². The van der Waals surface area contributed by atoms with E-state index >= 15 is 0 Å². The van der Waals surface area contributed by atoms with Crippen LogP contribution in [0.25, 0.3) is 100 Å². The van der Waals surface area contributed by atoms with Gasteiger partial charge in [-0.15, -0.1) is 10.2 Å². The largest absolute Gasteiger partial charge is 0.456 e. The smallest absolute Gasteiger partial charge is 0.136 e. The van der Waals surface area contributed by atoms with E-state index in [-0.39, 0.29) is 0 Å². The monoisotopic (exact) mass is 743 g/mol. The summed E-state index contributed by atoms with van der Waals surface area (Å²) in [6.45, 7) is 4.55. The highest BCUT2D eigenvalue weighted by atomic mass is 16.3. The highest BCUT2D eigenvalue weighted by Crippen LogP contribution is 2.54. The molecule has 0 radical (unpaired) electrons. The molecule has 0 spiro atoms. The van der Waals surface area contributed by atoms with Crippen LogP contribution < -0.4 is 0 Å². The van der Waals surface area contributed by atoms with Crippen LogP contribution in [0.5, 0.6) is 0 Å². The summed E-state index contributed by atoms with van der Waals surface area (Å²) >= 11 is 0. The molecule has 0 bridgehead atoms. The van der Waals surface area contributed by atoms with E-state index in [0.29, 0.717) is 0 Å². The molecule has 0 fully saturated rings. The first-order valence-electron chi connectivity index (χ1n) is 19.8. The number of rotatable bonds is 6. The topological polar surface area (TPSA) is 51.8 Å². The molecule has 11 rings (SSSR count). The molecule has 2 aromatic heterocycles. The van der Waals surface area contributed by atoms with Crippen LogP contribution in [-0.2, 0) is 6.42 Å². The molecule has 2 heterocycles. The summed E-state index contributed by atoms with van der Waals surface area (Å²) in [5.41, 5.74) is 21.9. The van der Waals surface area contributed by atoms with E-state index in [2.05, 4.69) is 171 Å². The van der Waals surface area contributed by atoms with E-state index in [1.807, 2.05) is 24.3 Å². The highest BCUT2D eigenvalue weighted by Gasteiger charge is 2.31. The number of para-hydroxylation sites is 1. The Bertz CT molecular complexity index is 3200. The second-order valence-corrected chi connectivity index (χ2v) is 15.2. The van der Waals surface area contributed by atoms with Crippen LogP contribution in [0.1, 0.15) is 22.3 Å². The van der Waals surface area contributed by atoms with Crippen LogP contribution in [-0.4, -0.2) is 15.4 Å². The Labute approximate surface area is 337 Å². The van der Waals surface area contributed by atoms with Gasteiger partial charge in [-0.2, -0.15) is 0 Å². The van der Waals surface area contributed by atoms with E-state index in [9.17, 15) is 0 Å². The molecule has 1 aliphatic carbocycles. The predicted octanol–water partition coefficient (Wildman–Crippen LogP) is 14.0. The third-order valence-corrected chi connectivity index (χ3v) is 12.0. The minimum absolute atomic E-state index is 0.770. The van der Waals surface area contributed by atoms with E-state index in [4.69, 9.17) is 14.6 Å². The number of furan rings is 1. The van der Waals surface area contributed by atoms with Gasteiger partial charge in [-0.1, -0.05) is 164 Å². The molecule has 0 atom stereocenters. The second kappa shape index (κ2) is 13.6. The first-order valence-corrected chi connectivity index (χ1v) is 19.8. The van der Waals surface area contributed by atoms with Crippen LogP contribution in [0, 0.1) is 13.8 Å². The second-order valence-electron chi connectivity index (χ2n) is 15.2. The Morgan fingerprint density at radius 1 is 0.431 bits per heavy atom. The van der Waals surface area contributed by atoms with E-state index in [0.717, 1.165) is 84.3 Å². The third-order valence-electron chi connectivity index (χ3n) is 12.0. The molecule has 0 amide bonds. The summed E-state index contributed by atoms with van der Waals surface area (Å²) < 4.78 is 6.84. The number of fused-ring (bicyclic) bond motifs is 6. The summed E-state index contributed by atoms with van der Waals surface area (Å²) in [5.74, 6) is 0. The minimum atomic E-state index is 0.770. The number of hydrogen-bond donors (Lipinski definition) is 0. The molecule has 58 heavy (non-hydrogen) atoms.